The molecule has 0 aliphatic carbocycles. The maximum atomic E-state index is 12.6. The summed E-state index contributed by atoms with van der Waals surface area (Å²) in [7, 11) is -6.33. The van der Waals surface area contributed by atoms with Gasteiger partial charge in [0, 0.05) is 0 Å². The summed E-state index contributed by atoms with van der Waals surface area (Å²) in [5.74, 6) is -24.5. The zero-order chi connectivity index (χ0) is 15.2. The van der Waals surface area contributed by atoms with Gasteiger partial charge in [-0.15, -0.1) is 0 Å². The molecule has 0 aromatic heterocycles. The molecule has 0 unspecified atom stereocenters. The monoisotopic (exact) mass is 312 g/mol. The van der Waals surface area contributed by atoms with E-state index in [1.54, 1.807) is 0 Å². The average molecular weight is 312 g/mol. The van der Waals surface area contributed by atoms with E-state index in [0.29, 0.717) is 0 Å². The van der Waals surface area contributed by atoms with E-state index in [-0.39, 0.29) is 0 Å². The van der Waals surface area contributed by atoms with E-state index in [1.807, 2.05) is 0 Å². The molecule has 1 atom stereocenters. The summed E-state index contributed by atoms with van der Waals surface area (Å²) in [5, 5.41) is 8.22. The first-order chi connectivity index (χ1) is 7.60. The Morgan fingerprint density at radius 3 is 1.44 bits per heavy atom. The highest BCUT2D eigenvalue weighted by Crippen LogP contribution is 2.57. The first-order valence-corrected chi connectivity index (χ1v) is 5.43. The smallest absolute Gasteiger partial charge is 0.376 e. The molecule has 110 valence electrons. The van der Waals surface area contributed by atoms with Crippen molar-refractivity contribution in [1.29, 1.82) is 0 Å². The first-order valence-electron chi connectivity index (χ1n) is 3.75. The second kappa shape index (κ2) is 4.58. The molecule has 0 radical (unpaired) electrons. The van der Waals surface area contributed by atoms with Gasteiger partial charge in [-0.25, -0.2) is 8.78 Å². The van der Waals surface area contributed by atoms with Crippen molar-refractivity contribution in [2.75, 3.05) is 0 Å². The van der Waals surface area contributed by atoms with Gasteiger partial charge < -0.3 is 14.9 Å². The number of aliphatic hydroxyl groups excluding tert-OH is 1. The molecule has 0 aromatic carbocycles. The Balaban J connectivity index is 5.67. The molecule has 0 rings (SSSR count). The van der Waals surface area contributed by atoms with Crippen molar-refractivity contribution >= 4 is 7.60 Å². The van der Waals surface area contributed by atoms with Gasteiger partial charge in [-0.3, -0.25) is 4.57 Å². The summed E-state index contributed by atoms with van der Waals surface area (Å²) in [6, 6.07) is 0. The van der Waals surface area contributed by atoms with E-state index in [9.17, 15) is 39.7 Å². The maximum Gasteiger partial charge on any atom is 0.381 e. The molecular weight excluding hydrogens is 307 g/mol. The van der Waals surface area contributed by atoms with Crippen LogP contribution in [0.25, 0.3) is 0 Å². The molecular formula is C5H5F8O4P. The molecule has 4 nitrogen and oxygen atoms in total. The summed E-state index contributed by atoms with van der Waals surface area (Å²) in [5.41, 5.74) is 0. The predicted octanol–water partition coefficient (Wildman–Crippen LogP) is 1.65. The Bertz CT molecular complexity index is 351. The molecule has 18 heavy (non-hydrogen) atoms. The molecule has 3 N–H and O–H groups in total. The minimum absolute atomic E-state index is 4.55. The Kier molecular flexibility index (Phi) is 4.47. The highest BCUT2D eigenvalue weighted by atomic mass is 31.2. The van der Waals surface area contributed by atoms with Crippen LogP contribution in [0.5, 0.6) is 0 Å². The Labute approximate surface area is 93.4 Å². The molecule has 0 heterocycles. The van der Waals surface area contributed by atoms with Gasteiger partial charge in [0.05, 0.1) is 0 Å². The van der Waals surface area contributed by atoms with Crippen molar-refractivity contribution in [1.82, 2.24) is 0 Å². The summed E-state index contributed by atoms with van der Waals surface area (Å²) in [6.07, 6.45) is -5.23. The average Bonchev–Trinajstić information content (AvgIpc) is 2.14. The van der Waals surface area contributed by atoms with Crippen molar-refractivity contribution in [3.05, 3.63) is 0 Å². The minimum Gasteiger partial charge on any atom is -0.376 e. The van der Waals surface area contributed by atoms with Gasteiger partial charge in [-0.2, -0.15) is 26.3 Å². The Hall–Kier alpha value is -0.450. The zero-order valence-electron chi connectivity index (χ0n) is 7.88. The van der Waals surface area contributed by atoms with E-state index < -0.39 is 37.6 Å². The van der Waals surface area contributed by atoms with E-state index in [1.165, 1.54) is 0 Å². The SMILES string of the molecule is O=P(O)(O)[C@@H](O)C(F)(F)C(F)(F)C(F)(F)C(F)F. The maximum absolute atomic E-state index is 12.6. The van der Waals surface area contributed by atoms with Crippen molar-refractivity contribution in [3.63, 3.8) is 0 Å². The number of halogens is 8. The molecule has 0 aromatic rings. The van der Waals surface area contributed by atoms with Gasteiger partial charge in [0.25, 0.3) is 0 Å². The number of hydrogen-bond donors (Lipinski definition) is 3. The summed E-state index contributed by atoms with van der Waals surface area (Å²) >= 11 is 0. The lowest BCUT2D eigenvalue weighted by atomic mass is 10.1. The summed E-state index contributed by atoms with van der Waals surface area (Å²) in [4.78, 5) is 16.0. The van der Waals surface area contributed by atoms with Crippen molar-refractivity contribution < 1.29 is 54.6 Å². The number of hydrogen-bond acceptors (Lipinski definition) is 2. The second-order valence-electron chi connectivity index (χ2n) is 3.08. The van der Waals surface area contributed by atoms with Crippen LogP contribution >= 0.6 is 7.60 Å². The molecule has 0 bridgehead atoms. The fourth-order valence-corrected chi connectivity index (χ4v) is 1.32. The lowest BCUT2D eigenvalue weighted by molar-refractivity contribution is -0.349. The minimum atomic E-state index is -6.87. The summed E-state index contributed by atoms with van der Waals surface area (Å²) < 4.78 is 108. The summed E-state index contributed by atoms with van der Waals surface area (Å²) in [6.45, 7) is 0. The van der Waals surface area contributed by atoms with Crippen LogP contribution in [0, 0.1) is 0 Å². The van der Waals surface area contributed by atoms with Crippen LogP contribution < -0.4 is 0 Å². The third kappa shape index (κ3) is 2.60. The van der Waals surface area contributed by atoms with Gasteiger partial charge in [-0.05, 0) is 0 Å². The van der Waals surface area contributed by atoms with Crippen LogP contribution in [-0.4, -0.2) is 44.9 Å². The van der Waals surface area contributed by atoms with E-state index >= 15 is 0 Å². The van der Waals surface area contributed by atoms with Crippen LogP contribution in [0.4, 0.5) is 35.1 Å². The quantitative estimate of drug-likeness (QED) is 0.533. The molecule has 0 saturated carbocycles. The zero-order valence-corrected chi connectivity index (χ0v) is 8.77. The van der Waals surface area contributed by atoms with E-state index in [2.05, 4.69) is 0 Å². The molecule has 0 saturated heterocycles. The van der Waals surface area contributed by atoms with Gasteiger partial charge in [0.2, 0.25) is 5.85 Å². The highest BCUT2D eigenvalue weighted by Gasteiger charge is 2.79. The third-order valence-corrected chi connectivity index (χ3v) is 2.72. The van der Waals surface area contributed by atoms with Crippen LogP contribution in [0.3, 0.4) is 0 Å². The number of alkyl halides is 8. The number of aliphatic hydroxyl groups is 1. The van der Waals surface area contributed by atoms with E-state index in [4.69, 9.17) is 14.9 Å². The second-order valence-corrected chi connectivity index (χ2v) is 4.75. The Morgan fingerprint density at radius 2 is 1.22 bits per heavy atom. The van der Waals surface area contributed by atoms with Crippen molar-refractivity contribution in [2.45, 2.75) is 30.0 Å². The molecule has 0 fully saturated rings. The fraction of sp³-hybridized carbons (Fsp3) is 1.00. The van der Waals surface area contributed by atoms with Crippen LogP contribution in [-0.2, 0) is 4.57 Å². The van der Waals surface area contributed by atoms with Gasteiger partial charge in [-0.1, -0.05) is 0 Å². The highest BCUT2D eigenvalue weighted by molar-refractivity contribution is 7.52. The van der Waals surface area contributed by atoms with Gasteiger partial charge in [0.1, 0.15) is 0 Å². The van der Waals surface area contributed by atoms with Crippen LogP contribution in [0.2, 0.25) is 0 Å². The van der Waals surface area contributed by atoms with Crippen molar-refractivity contribution in [2.24, 2.45) is 0 Å². The lowest BCUT2D eigenvalue weighted by Crippen LogP contribution is -2.61. The molecule has 0 spiro atoms. The first kappa shape index (κ1) is 17.6. The normalized spacial score (nSPS) is 17.1. The van der Waals surface area contributed by atoms with E-state index in [0.717, 1.165) is 0 Å². The van der Waals surface area contributed by atoms with Crippen LogP contribution in [0.1, 0.15) is 0 Å². The lowest BCUT2D eigenvalue weighted by Gasteiger charge is -2.34. The molecule has 0 aliphatic heterocycles. The fourth-order valence-electron chi connectivity index (χ4n) is 0.733. The molecule has 13 heteroatoms. The standard InChI is InChI=1S/C5H5F8O4P/c6-1(7)3(8,9)5(12,13)4(10,11)2(14)18(15,16)17/h1-2,14H,(H2,15,16,17)/t2-/m1/s1. The Morgan fingerprint density at radius 1 is 0.889 bits per heavy atom. The largest absolute Gasteiger partial charge is 0.381 e. The van der Waals surface area contributed by atoms with Gasteiger partial charge >= 0.3 is 31.8 Å². The third-order valence-electron chi connectivity index (χ3n) is 1.75. The number of rotatable bonds is 5. The molecule has 0 amide bonds. The predicted molar refractivity (Wildman–Crippen MR) is 38.9 cm³/mol. The van der Waals surface area contributed by atoms with Crippen molar-refractivity contribution in [3.8, 4) is 0 Å². The van der Waals surface area contributed by atoms with Gasteiger partial charge in [0.15, 0.2) is 0 Å². The topological polar surface area (TPSA) is 77.8 Å². The van der Waals surface area contributed by atoms with Crippen LogP contribution in [0.15, 0.2) is 0 Å². The molecule has 0 aliphatic rings.